The molecule has 2 unspecified atom stereocenters. The van der Waals surface area contributed by atoms with Crippen LogP contribution in [0, 0.1) is 0 Å². The van der Waals surface area contributed by atoms with Crippen molar-refractivity contribution in [3.63, 3.8) is 0 Å². The van der Waals surface area contributed by atoms with Crippen LogP contribution in [0.5, 0.6) is 0 Å². The first kappa shape index (κ1) is 16.4. The lowest BCUT2D eigenvalue weighted by molar-refractivity contribution is -0.117. The first-order valence-corrected chi connectivity index (χ1v) is 9.12. The van der Waals surface area contributed by atoms with E-state index in [1.54, 1.807) is 18.2 Å². The fourth-order valence-electron chi connectivity index (χ4n) is 3.44. The summed E-state index contributed by atoms with van der Waals surface area (Å²) in [5.41, 5.74) is 2.22. The Labute approximate surface area is 158 Å². The number of hydrogen-bond donors (Lipinski definition) is 2. The number of carbonyl (C=O) groups is 2. The Balaban J connectivity index is 1.54. The number of rotatable bonds is 2. The maximum atomic E-state index is 12.6. The smallest absolute Gasteiger partial charge is 0.253 e. The molecule has 128 valence electrons. The van der Waals surface area contributed by atoms with Crippen molar-refractivity contribution in [1.82, 2.24) is 5.32 Å². The molecule has 0 spiro atoms. The molecular formula is C18H15BrClN3O2. The number of fused-ring (bicyclic) bond motifs is 3. The maximum Gasteiger partial charge on any atom is 0.253 e. The van der Waals surface area contributed by atoms with Gasteiger partial charge in [-0.15, -0.1) is 0 Å². The van der Waals surface area contributed by atoms with Crippen LogP contribution in [0.1, 0.15) is 16.8 Å². The molecule has 2 N–H and O–H groups in total. The van der Waals surface area contributed by atoms with Crippen LogP contribution in [0.25, 0.3) is 0 Å². The highest BCUT2D eigenvalue weighted by atomic mass is 79.9. The van der Waals surface area contributed by atoms with E-state index in [1.807, 2.05) is 24.3 Å². The molecule has 2 aromatic rings. The maximum absolute atomic E-state index is 12.6. The first-order valence-electron chi connectivity index (χ1n) is 7.95. The molecule has 0 radical (unpaired) electrons. The lowest BCUT2D eigenvalue weighted by Gasteiger charge is -2.32. The zero-order valence-electron chi connectivity index (χ0n) is 13.1. The average molecular weight is 421 g/mol. The highest BCUT2D eigenvalue weighted by Crippen LogP contribution is 2.36. The van der Waals surface area contributed by atoms with E-state index in [-0.39, 0.29) is 23.9 Å². The highest BCUT2D eigenvalue weighted by molar-refractivity contribution is 9.10. The Morgan fingerprint density at radius 1 is 1.28 bits per heavy atom. The molecule has 0 bridgehead atoms. The summed E-state index contributed by atoms with van der Waals surface area (Å²) >= 11 is 9.49. The van der Waals surface area contributed by atoms with Gasteiger partial charge >= 0.3 is 0 Å². The summed E-state index contributed by atoms with van der Waals surface area (Å²) in [5.74, 6) is -0.263. The molecule has 2 amide bonds. The third kappa shape index (κ3) is 3.00. The zero-order chi connectivity index (χ0) is 17.6. The van der Waals surface area contributed by atoms with Gasteiger partial charge in [-0.2, -0.15) is 0 Å². The molecule has 2 atom stereocenters. The molecule has 7 heteroatoms. The second kappa shape index (κ2) is 6.35. The van der Waals surface area contributed by atoms with Crippen molar-refractivity contribution in [3.8, 4) is 0 Å². The molecule has 0 saturated carbocycles. The molecule has 2 aliphatic rings. The van der Waals surface area contributed by atoms with Crippen molar-refractivity contribution in [1.29, 1.82) is 0 Å². The number of anilines is 2. The van der Waals surface area contributed by atoms with Crippen LogP contribution in [0.3, 0.4) is 0 Å². The minimum atomic E-state index is -0.266. The zero-order valence-corrected chi connectivity index (χ0v) is 15.5. The van der Waals surface area contributed by atoms with Gasteiger partial charge in [-0.05, 0) is 36.8 Å². The first-order chi connectivity index (χ1) is 12.0. The molecule has 0 aliphatic carbocycles. The van der Waals surface area contributed by atoms with E-state index in [4.69, 9.17) is 11.6 Å². The number of benzene rings is 2. The van der Waals surface area contributed by atoms with Crippen molar-refractivity contribution < 1.29 is 9.59 Å². The number of halogens is 2. The monoisotopic (exact) mass is 419 g/mol. The Morgan fingerprint density at radius 2 is 2.08 bits per heavy atom. The molecule has 2 aromatic carbocycles. The third-order valence-corrected chi connectivity index (χ3v) is 5.41. The fraction of sp³-hybridized carbons (Fsp3) is 0.222. The van der Waals surface area contributed by atoms with Crippen molar-refractivity contribution in [2.75, 3.05) is 16.8 Å². The van der Waals surface area contributed by atoms with Crippen LogP contribution >= 0.6 is 27.5 Å². The summed E-state index contributed by atoms with van der Waals surface area (Å²) in [6.45, 7) is 0.590. The topological polar surface area (TPSA) is 61.4 Å². The van der Waals surface area contributed by atoms with Crippen LogP contribution in [0.4, 0.5) is 11.4 Å². The predicted octanol–water partition coefficient (Wildman–Crippen LogP) is 3.43. The normalized spacial score (nSPS) is 21.4. The molecule has 2 aliphatic heterocycles. The van der Waals surface area contributed by atoms with Crippen LogP contribution < -0.4 is 15.5 Å². The second-order valence-corrected chi connectivity index (χ2v) is 7.53. The van der Waals surface area contributed by atoms with E-state index in [0.29, 0.717) is 23.6 Å². The molecule has 0 aromatic heterocycles. The number of para-hydroxylation sites is 2. The van der Waals surface area contributed by atoms with Crippen molar-refractivity contribution in [2.45, 2.75) is 18.5 Å². The van der Waals surface area contributed by atoms with Gasteiger partial charge in [0.05, 0.1) is 22.0 Å². The van der Waals surface area contributed by atoms with E-state index in [9.17, 15) is 9.59 Å². The van der Waals surface area contributed by atoms with Crippen LogP contribution in [0.15, 0.2) is 46.9 Å². The highest BCUT2D eigenvalue weighted by Gasteiger charge is 2.41. The van der Waals surface area contributed by atoms with Gasteiger partial charge in [0.25, 0.3) is 5.91 Å². The quantitative estimate of drug-likeness (QED) is 0.782. The van der Waals surface area contributed by atoms with Gasteiger partial charge in [-0.25, -0.2) is 0 Å². The summed E-state index contributed by atoms with van der Waals surface area (Å²) < 4.78 is 0.791. The largest absolute Gasteiger partial charge is 0.356 e. The van der Waals surface area contributed by atoms with E-state index in [0.717, 1.165) is 15.8 Å². The number of nitrogens with one attached hydrogen (secondary N) is 2. The number of hydrogen-bond acceptors (Lipinski definition) is 3. The molecule has 4 rings (SSSR count). The Hall–Kier alpha value is -2.05. The minimum absolute atomic E-state index is 0.0315. The van der Waals surface area contributed by atoms with E-state index in [1.165, 1.54) is 0 Å². The Kier molecular flexibility index (Phi) is 4.17. The fourth-order valence-corrected chi connectivity index (χ4v) is 4.00. The van der Waals surface area contributed by atoms with Gasteiger partial charge in [-0.3, -0.25) is 9.59 Å². The molecule has 2 heterocycles. The lowest BCUT2D eigenvalue weighted by Crippen LogP contribution is -2.44. The summed E-state index contributed by atoms with van der Waals surface area (Å²) in [6.07, 6.45) is 0.567. The standard InChI is InChI=1S/C18H15BrClN3O2/c19-10-5-6-13(20)12(7-10)17(24)21-11-8-16-18(25)22-14-3-1-2-4-15(14)23(16)9-11/h1-7,11,16H,8-9H2,(H,21,24)(H,22,25). The number of nitrogens with zero attached hydrogens (tertiary/aromatic N) is 1. The summed E-state index contributed by atoms with van der Waals surface area (Å²) in [4.78, 5) is 27.0. The van der Waals surface area contributed by atoms with E-state index >= 15 is 0 Å². The van der Waals surface area contributed by atoms with Gasteiger partial charge in [0.15, 0.2) is 0 Å². The minimum Gasteiger partial charge on any atom is -0.356 e. The lowest BCUT2D eigenvalue weighted by atomic mass is 10.1. The SMILES string of the molecule is O=C(NC1CC2C(=O)Nc3ccccc3N2C1)c1cc(Br)ccc1Cl. The van der Waals surface area contributed by atoms with Crippen LogP contribution in [-0.4, -0.2) is 30.4 Å². The average Bonchev–Trinajstić information content (AvgIpc) is 3.01. The number of amides is 2. The summed E-state index contributed by atoms with van der Waals surface area (Å²) in [5, 5.41) is 6.34. The predicted molar refractivity (Wildman–Crippen MR) is 101 cm³/mol. The summed E-state index contributed by atoms with van der Waals surface area (Å²) in [7, 11) is 0. The van der Waals surface area contributed by atoms with Gasteiger partial charge in [0.1, 0.15) is 6.04 Å². The molecule has 25 heavy (non-hydrogen) atoms. The molecular weight excluding hydrogens is 406 g/mol. The molecule has 5 nitrogen and oxygen atoms in total. The van der Waals surface area contributed by atoms with Crippen molar-refractivity contribution in [3.05, 3.63) is 57.5 Å². The van der Waals surface area contributed by atoms with E-state index in [2.05, 4.69) is 31.5 Å². The van der Waals surface area contributed by atoms with Crippen molar-refractivity contribution in [2.24, 2.45) is 0 Å². The Bertz CT molecular complexity index is 873. The summed E-state index contributed by atoms with van der Waals surface area (Å²) in [6, 6.07) is 12.5. The molecule has 1 fully saturated rings. The second-order valence-electron chi connectivity index (χ2n) is 6.20. The van der Waals surface area contributed by atoms with Gasteiger partial charge < -0.3 is 15.5 Å². The molecule has 1 saturated heterocycles. The van der Waals surface area contributed by atoms with Gasteiger partial charge in [0.2, 0.25) is 5.91 Å². The van der Waals surface area contributed by atoms with Gasteiger partial charge in [0, 0.05) is 17.1 Å². The number of carbonyl (C=O) groups excluding carboxylic acids is 2. The van der Waals surface area contributed by atoms with Crippen LogP contribution in [0.2, 0.25) is 5.02 Å². The van der Waals surface area contributed by atoms with E-state index < -0.39 is 0 Å². The van der Waals surface area contributed by atoms with Crippen molar-refractivity contribution >= 4 is 50.7 Å². The van der Waals surface area contributed by atoms with Crippen LogP contribution in [-0.2, 0) is 4.79 Å². The van der Waals surface area contributed by atoms with Gasteiger partial charge in [-0.1, -0.05) is 39.7 Å². The third-order valence-electron chi connectivity index (χ3n) is 4.58. The Morgan fingerprint density at radius 3 is 2.92 bits per heavy atom.